The molecule has 0 radical (unpaired) electrons. The van der Waals surface area contributed by atoms with Crippen LogP contribution in [0.1, 0.15) is 0 Å². The Morgan fingerprint density at radius 2 is 2.22 bits per heavy atom. The third kappa shape index (κ3) is 5.16. The molecule has 1 aromatic heterocycles. The zero-order valence-corrected chi connectivity index (χ0v) is 12.6. The average molecular weight is 318 g/mol. The van der Waals surface area contributed by atoms with Gasteiger partial charge in [0.05, 0.1) is 11.1 Å². The fourth-order valence-electron chi connectivity index (χ4n) is 1.34. The summed E-state index contributed by atoms with van der Waals surface area (Å²) in [6.45, 7) is 3.41. The molecule has 18 heavy (non-hydrogen) atoms. The van der Waals surface area contributed by atoms with Gasteiger partial charge in [-0.1, -0.05) is 0 Å². The highest BCUT2D eigenvalue weighted by molar-refractivity contribution is 9.10. The molecule has 0 aromatic carbocycles. The number of rotatable bonds is 8. The van der Waals surface area contributed by atoms with Crippen LogP contribution in [0.25, 0.3) is 0 Å². The van der Waals surface area contributed by atoms with Crippen molar-refractivity contribution in [2.45, 2.75) is 0 Å². The lowest BCUT2D eigenvalue weighted by atomic mass is 10.5. The van der Waals surface area contributed by atoms with E-state index in [9.17, 15) is 0 Å². The number of ether oxygens (including phenoxy) is 1. The van der Waals surface area contributed by atoms with E-state index in [1.54, 1.807) is 20.4 Å². The molecule has 0 atom stereocenters. The number of nitrogens with zero attached hydrogens (tertiary/aromatic N) is 3. The molecule has 102 valence electrons. The van der Waals surface area contributed by atoms with Crippen LogP contribution >= 0.6 is 15.9 Å². The molecule has 7 heteroatoms. The van der Waals surface area contributed by atoms with E-state index in [0.717, 1.165) is 36.5 Å². The van der Waals surface area contributed by atoms with E-state index in [0.29, 0.717) is 5.95 Å². The molecule has 2 N–H and O–H groups in total. The summed E-state index contributed by atoms with van der Waals surface area (Å²) in [7, 11) is 5.57. The predicted octanol–water partition coefficient (Wildman–Crippen LogP) is 1.27. The molecular formula is C11H20BrN5O. The summed E-state index contributed by atoms with van der Waals surface area (Å²) >= 11 is 3.42. The predicted molar refractivity (Wildman–Crippen MR) is 77.1 cm³/mol. The van der Waals surface area contributed by atoms with Gasteiger partial charge in [-0.3, -0.25) is 0 Å². The standard InChI is InChI=1S/C11H20BrN5O/c1-13-11-15-8-9(12)10(16-11)14-4-5-17(2)6-7-18-3/h8H,4-7H2,1-3H3,(H2,13,14,15,16). The number of anilines is 2. The lowest BCUT2D eigenvalue weighted by Crippen LogP contribution is -2.28. The Balaban J connectivity index is 2.38. The molecule has 0 saturated heterocycles. The average Bonchev–Trinajstić information content (AvgIpc) is 2.38. The van der Waals surface area contributed by atoms with E-state index in [-0.39, 0.29) is 0 Å². The Hall–Kier alpha value is -0.920. The summed E-state index contributed by atoms with van der Waals surface area (Å²) < 4.78 is 5.89. The Kier molecular flexibility index (Phi) is 6.92. The topological polar surface area (TPSA) is 62.3 Å². The molecule has 0 spiro atoms. The van der Waals surface area contributed by atoms with Crippen LogP contribution in [0.4, 0.5) is 11.8 Å². The maximum Gasteiger partial charge on any atom is 0.224 e. The minimum Gasteiger partial charge on any atom is -0.383 e. The first-order chi connectivity index (χ1) is 8.67. The molecule has 0 bridgehead atoms. The van der Waals surface area contributed by atoms with E-state index in [4.69, 9.17) is 4.74 Å². The highest BCUT2D eigenvalue weighted by Crippen LogP contribution is 2.19. The van der Waals surface area contributed by atoms with Gasteiger partial charge in [0.2, 0.25) is 5.95 Å². The van der Waals surface area contributed by atoms with Crippen molar-refractivity contribution in [3.05, 3.63) is 10.7 Å². The Labute approximate surface area is 116 Å². The summed E-state index contributed by atoms with van der Waals surface area (Å²) in [6, 6.07) is 0. The van der Waals surface area contributed by atoms with Gasteiger partial charge in [-0.15, -0.1) is 0 Å². The van der Waals surface area contributed by atoms with E-state index >= 15 is 0 Å². The molecule has 1 aromatic rings. The molecular weight excluding hydrogens is 298 g/mol. The van der Waals surface area contributed by atoms with Crippen molar-refractivity contribution in [3.63, 3.8) is 0 Å². The zero-order valence-electron chi connectivity index (χ0n) is 11.0. The van der Waals surface area contributed by atoms with Crippen molar-refractivity contribution in [2.24, 2.45) is 0 Å². The molecule has 0 saturated carbocycles. The normalized spacial score (nSPS) is 10.7. The zero-order chi connectivity index (χ0) is 13.4. The van der Waals surface area contributed by atoms with Crippen LogP contribution in [0.5, 0.6) is 0 Å². The van der Waals surface area contributed by atoms with Gasteiger partial charge in [-0.25, -0.2) is 4.98 Å². The molecule has 1 rings (SSSR count). The number of aromatic nitrogens is 2. The number of halogens is 1. The Bertz CT molecular complexity index is 363. The summed E-state index contributed by atoms with van der Waals surface area (Å²) in [5.74, 6) is 1.41. The van der Waals surface area contributed by atoms with Crippen LogP contribution in [0.3, 0.4) is 0 Å². The van der Waals surface area contributed by atoms with E-state index in [1.165, 1.54) is 0 Å². The second-order valence-corrected chi connectivity index (χ2v) is 4.72. The summed E-state index contributed by atoms with van der Waals surface area (Å²) in [5, 5.41) is 6.19. The Morgan fingerprint density at radius 1 is 1.44 bits per heavy atom. The number of nitrogens with one attached hydrogen (secondary N) is 2. The first-order valence-electron chi connectivity index (χ1n) is 5.79. The number of hydrogen-bond donors (Lipinski definition) is 2. The van der Waals surface area contributed by atoms with Crippen molar-refractivity contribution in [2.75, 3.05) is 58.1 Å². The van der Waals surface area contributed by atoms with Gasteiger partial charge in [0, 0.05) is 40.0 Å². The van der Waals surface area contributed by atoms with Gasteiger partial charge in [0.25, 0.3) is 0 Å². The van der Waals surface area contributed by atoms with Crippen LogP contribution in [0, 0.1) is 0 Å². The summed E-state index contributed by atoms with van der Waals surface area (Å²) in [5.41, 5.74) is 0. The number of likely N-dealkylation sites (N-methyl/N-ethyl adjacent to an activating group) is 1. The number of hydrogen-bond acceptors (Lipinski definition) is 6. The maximum absolute atomic E-state index is 5.03. The van der Waals surface area contributed by atoms with Crippen molar-refractivity contribution in [3.8, 4) is 0 Å². The number of methoxy groups -OCH3 is 1. The highest BCUT2D eigenvalue weighted by Gasteiger charge is 2.04. The van der Waals surface area contributed by atoms with E-state index in [2.05, 4.69) is 48.5 Å². The van der Waals surface area contributed by atoms with Gasteiger partial charge in [0.1, 0.15) is 5.82 Å². The van der Waals surface area contributed by atoms with Crippen LogP contribution in [0.15, 0.2) is 10.7 Å². The van der Waals surface area contributed by atoms with Gasteiger partial charge < -0.3 is 20.3 Å². The molecule has 0 unspecified atom stereocenters. The lowest BCUT2D eigenvalue weighted by molar-refractivity contribution is 0.163. The molecule has 0 amide bonds. The monoisotopic (exact) mass is 317 g/mol. The molecule has 1 heterocycles. The van der Waals surface area contributed by atoms with Gasteiger partial charge >= 0.3 is 0 Å². The summed E-state index contributed by atoms with van der Waals surface area (Å²) in [4.78, 5) is 10.6. The van der Waals surface area contributed by atoms with Gasteiger partial charge in [-0.2, -0.15) is 4.98 Å². The molecule has 6 nitrogen and oxygen atoms in total. The van der Waals surface area contributed by atoms with E-state index in [1.807, 2.05) is 0 Å². The molecule has 0 aliphatic carbocycles. The van der Waals surface area contributed by atoms with Crippen molar-refractivity contribution < 1.29 is 4.74 Å². The minimum absolute atomic E-state index is 0.605. The SMILES string of the molecule is CNc1ncc(Br)c(NCCN(C)CCOC)n1. The fraction of sp³-hybridized carbons (Fsp3) is 0.636. The van der Waals surface area contributed by atoms with Crippen LogP contribution in [-0.2, 0) is 4.74 Å². The van der Waals surface area contributed by atoms with E-state index < -0.39 is 0 Å². The largest absolute Gasteiger partial charge is 0.383 e. The first-order valence-corrected chi connectivity index (χ1v) is 6.58. The van der Waals surface area contributed by atoms with Gasteiger partial charge in [0.15, 0.2) is 0 Å². The van der Waals surface area contributed by atoms with Gasteiger partial charge in [-0.05, 0) is 23.0 Å². The second kappa shape index (κ2) is 8.23. The fourth-order valence-corrected chi connectivity index (χ4v) is 1.67. The van der Waals surface area contributed by atoms with Crippen LogP contribution in [0.2, 0.25) is 0 Å². The minimum atomic E-state index is 0.605. The third-order valence-electron chi connectivity index (χ3n) is 2.43. The first kappa shape index (κ1) is 15.1. The molecule has 0 aliphatic rings. The highest BCUT2D eigenvalue weighted by atomic mass is 79.9. The van der Waals surface area contributed by atoms with Crippen LogP contribution in [-0.4, -0.2) is 62.3 Å². The quantitative estimate of drug-likeness (QED) is 0.753. The molecule has 0 aliphatic heterocycles. The maximum atomic E-state index is 5.03. The second-order valence-electron chi connectivity index (χ2n) is 3.86. The van der Waals surface area contributed by atoms with Crippen molar-refractivity contribution >= 4 is 27.7 Å². The third-order valence-corrected chi connectivity index (χ3v) is 3.01. The lowest BCUT2D eigenvalue weighted by Gasteiger charge is -2.16. The van der Waals surface area contributed by atoms with Crippen molar-refractivity contribution in [1.29, 1.82) is 0 Å². The summed E-state index contributed by atoms with van der Waals surface area (Å²) in [6.07, 6.45) is 1.73. The molecule has 0 fully saturated rings. The smallest absolute Gasteiger partial charge is 0.224 e. The van der Waals surface area contributed by atoms with Crippen molar-refractivity contribution in [1.82, 2.24) is 14.9 Å². The van der Waals surface area contributed by atoms with Crippen LogP contribution < -0.4 is 10.6 Å². The Morgan fingerprint density at radius 3 is 2.89 bits per heavy atom.